The summed E-state index contributed by atoms with van der Waals surface area (Å²) in [4.78, 5) is 19.7. The minimum atomic E-state index is -0.146. The molecule has 0 aliphatic carbocycles. The Morgan fingerprint density at radius 1 is 1.16 bits per heavy atom. The lowest BCUT2D eigenvalue weighted by molar-refractivity contribution is 0.0529. The van der Waals surface area contributed by atoms with Crippen molar-refractivity contribution >= 4 is 23.1 Å². The van der Waals surface area contributed by atoms with Gasteiger partial charge in [0.05, 0.1) is 31.1 Å². The Morgan fingerprint density at radius 2 is 1.97 bits per heavy atom. The number of morpholine rings is 1. The Morgan fingerprint density at radius 3 is 2.69 bits per heavy atom. The quantitative estimate of drug-likeness (QED) is 0.588. The van der Waals surface area contributed by atoms with Gasteiger partial charge in [-0.15, -0.1) is 0 Å². The number of para-hydroxylation sites is 1. The molecule has 2 aromatic carbocycles. The Hall–Kier alpha value is -3.58. The van der Waals surface area contributed by atoms with E-state index in [9.17, 15) is 4.79 Å². The summed E-state index contributed by atoms with van der Waals surface area (Å²) in [5.74, 6) is 1.57. The van der Waals surface area contributed by atoms with Crippen LogP contribution in [0.15, 0.2) is 66.9 Å². The van der Waals surface area contributed by atoms with Crippen LogP contribution in [0, 0.1) is 0 Å². The highest BCUT2D eigenvalue weighted by Crippen LogP contribution is 2.23. The molecule has 2 heterocycles. The molecule has 1 aromatic heterocycles. The highest BCUT2D eigenvalue weighted by Gasteiger charge is 2.18. The van der Waals surface area contributed by atoms with Crippen molar-refractivity contribution in [2.45, 2.75) is 19.6 Å². The van der Waals surface area contributed by atoms with E-state index in [1.807, 2.05) is 66.9 Å². The summed E-state index contributed by atoms with van der Waals surface area (Å²) < 4.78 is 10.8. The molecule has 1 aliphatic rings. The van der Waals surface area contributed by atoms with Crippen molar-refractivity contribution in [3.8, 4) is 5.75 Å². The normalized spacial score (nSPS) is 15.8. The summed E-state index contributed by atoms with van der Waals surface area (Å²) in [6.07, 6.45) is 2.02. The maximum absolute atomic E-state index is 12.9. The zero-order chi connectivity index (χ0) is 22.3. The molecule has 0 radical (unpaired) electrons. The molecule has 3 aromatic rings. The Kier molecular flexibility index (Phi) is 6.87. The van der Waals surface area contributed by atoms with E-state index in [4.69, 9.17) is 9.47 Å². The van der Waals surface area contributed by atoms with E-state index >= 15 is 0 Å². The van der Waals surface area contributed by atoms with Gasteiger partial charge in [0.25, 0.3) is 5.91 Å². The lowest BCUT2D eigenvalue weighted by Crippen LogP contribution is -2.41. The molecule has 2 N–H and O–H groups in total. The summed E-state index contributed by atoms with van der Waals surface area (Å²) in [7, 11) is 1.63. The van der Waals surface area contributed by atoms with Crippen molar-refractivity contribution in [3.05, 3.63) is 78.0 Å². The molecule has 0 saturated carbocycles. The Labute approximate surface area is 188 Å². The van der Waals surface area contributed by atoms with Crippen molar-refractivity contribution in [1.29, 1.82) is 0 Å². The van der Waals surface area contributed by atoms with Crippen molar-refractivity contribution in [3.63, 3.8) is 0 Å². The van der Waals surface area contributed by atoms with Crippen molar-refractivity contribution < 1.29 is 14.3 Å². The smallest absolute Gasteiger partial charge is 0.253 e. The number of nitrogens with one attached hydrogen (secondary N) is 2. The van der Waals surface area contributed by atoms with E-state index < -0.39 is 0 Å². The zero-order valence-electron chi connectivity index (χ0n) is 18.4. The van der Waals surface area contributed by atoms with Crippen LogP contribution in [0.2, 0.25) is 0 Å². The number of anilines is 3. The molecule has 7 heteroatoms. The van der Waals surface area contributed by atoms with Crippen LogP contribution in [0.4, 0.5) is 17.2 Å². The van der Waals surface area contributed by atoms with Crippen LogP contribution >= 0.6 is 0 Å². The van der Waals surface area contributed by atoms with Crippen LogP contribution in [0.25, 0.3) is 0 Å². The first-order chi connectivity index (χ1) is 15.6. The topological polar surface area (TPSA) is 75.7 Å². The van der Waals surface area contributed by atoms with Gasteiger partial charge >= 0.3 is 0 Å². The summed E-state index contributed by atoms with van der Waals surface area (Å²) in [6.45, 7) is 4.86. The predicted octanol–water partition coefficient (Wildman–Crippen LogP) is 3.99. The van der Waals surface area contributed by atoms with Crippen LogP contribution < -0.4 is 20.3 Å². The molecule has 32 heavy (non-hydrogen) atoms. The molecule has 1 aliphatic heterocycles. The van der Waals surface area contributed by atoms with Crippen LogP contribution in [-0.4, -0.2) is 43.8 Å². The molecule has 1 amide bonds. The van der Waals surface area contributed by atoms with Crippen molar-refractivity contribution in [2.75, 3.05) is 37.0 Å². The number of hydrogen-bond donors (Lipinski definition) is 2. The number of benzene rings is 2. The minimum absolute atomic E-state index is 0.146. The first kappa shape index (κ1) is 21.6. The molecule has 4 rings (SSSR count). The van der Waals surface area contributed by atoms with Crippen LogP contribution in [0.5, 0.6) is 5.75 Å². The summed E-state index contributed by atoms with van der Waals surface area (Å²) >= 11 is 0. The number of aromatic nitrogens is 1. The van der Waals surface area contributed by atoms with Gasteiger partial charge in [0.2, 0.25) is 0 Å². The maximum atomic E-state index is 12.9. The van der Waals surface area contributed by atoms with E-state index in [0.717, 1.165) is 41.6 Å². The van der Waals surface area contributed by atoms with Gasteiger partial charge in [-0.2, -0.15) is 0 Å². The number of nitrogens with zero attached hydrogens (tertiary/aromatic N) is 2. The monoisotopic (exact) mass is 432 g/mol. The first-order valence-corrected chi connectivity index (χ1v) is 10.7. The summed E-state index contributed by atoms with van der Waals surface area (Å²) in [6, 6.07) is 19.0. The summed E-state index contributed by atoms with van der Waals surface area (Å²) in [5.41, 5.74) is 3.15. The first-order valence-electron chi connectivity index (χ1n) is 10.7. The Balaban J connectivity index is 1.38. The molecule has 1 saturated heterocycles. The van der Waals surface area contributed by atoms with Gasteiger partial charge in [0, 0.05) is 31.5 Å². The SMILES string of the molecule is COc1ccc(Nc2ccccc2C(=O)NCc2ccc(N3CCOC(C)C3)nc2)cc1. The van der Waals surface area contributed by atoms with Crippen LogP contribution in [0.3, 0.4) is 0 Å². The lowest BCUT2D eigenvalue weighted by atomic mass is 10.1. The van der Waals surface area contributed by atoms with Crippen LogP contribution in [-0.2, 0) is 11.3 Å². The molecular weight excluding hydrogens is 404 g/mol. The second-order valence-electron chi connectivity index (χ2n) is 7.73. The highest BCUT2D eigenvalue weighted by molar-refractivity contribution is 6.00. The van der Waals surface area contributed by atoms with Gasteiger partial charge in [-0.3, -0.25) is 4.79 Å². The third kappa shape index (κ3) is 5.36. The fourth-order valence-corrected chi connectivity index (χ4v) is 3.63. The standard InChI is InChI=1S/C25H28N4O3/c1-18-17-29(13-14-32-18)24-12-7-19(15-26-24)16-27-25(30)22-5-3-4-6-23(22)28-20-8-10-21(31-2)11-9-20/h3-12,15,18,28H,13-14,16-17H2,1-2H3,(H,27,30). The zero-order valence-corrected chi connectivity index (χ0v) is 18.4. The third-order valence-electron chi connectivity index (χ3n) is 5.37. The molecule has 0 bridgehead atoms. The highest BCUT2D eigenvalue weighted by atomic mass is 16.5. The average Bonchev–Trinajstić information content (AvgIpc) is 2.84. The molecule has 166 valence electrons. The Bertz CT molecular complexity index is 1040. The molecule has 1 unspecified atom stereocenters. The van der Waals surface area contributed by atoms with E-state index in [-0.39, 0.29) is 12.0 Å². The largest absolute Gasteiger partial charge is 0.497 e. The number of hydrogen-bond acceptors (Lipinski definition) is 6. The van der Waals surface area contributed by atoms with E-state index in [0.29, 0.717) is 18.7 Å². The number of amides is 1. The van der Waals surface area contributed by atoms with Crippen molar-refractivity contribution in [2.24, 2.45) is 0 Å². The predicted molar refractivity (Wildman–Crippen MR) is 126 cm³/mol. The van der Waals surface area contributed by atoms with Gasteiger partial charge in [-0.25, -0.2) is 4.98 Å². The number of ether oxygens (including phenoxy) is 2. The van der Waals surface area contributed by atoms with E-state index in [2.05, 4.69) is 27.4 Å². The second kappa shape index (κ2) is 10.2. The van der Waals surface area contributed by atoms with Gasteiger partial charge in [0.15, 0.2) is 0 Å². The molecule has 1 atom stereocenters. The maximum Gasteiger partial charge on any atom is 0.253 e. The fourth-order valence-electron chi connectivity index (χ4n) is 3.63. The molecule has 7 nitrogen and oxygen atoms in total. The second-order valence-corrected chi connectivity index (χ2v) is 7.73. The summed E-state index contributed by atoms with van der Waals surface area (Å²) in [5, 5.41) is 6.30. The van der Waals surface area contributed by atoms with E-state index in [1.165, 1.54) is 0 Å². The van der Waals surface area contributed by atoms with Crippen LogP contribution in [0.1, 0.15) is 22.8 Å². The van der Waals surface area contributed by atoms with Crippen molar-refractivity contribution in [1.82, 2.24) is 10.3 Å². The number of carbonyl (C=O) groups is 1. The number of methoxy groups -OCH3 is 1. The lowest BCUT2D eigenvalue weighted by Gasteiger charge is -2.32. The fraction of sp³-hybridized carbons (Fsp3) is 0.280. The minimum Gasteiger partial charge on any atom is -0.497 e. The number of pyridine rings is 1. The van der Waals surface area contributed by atoms with Gasteiger partial charge in [-0.05, 0) is 55.0 Å². The average molecular weight is 433 g/mol. The van der Waals surface area contributed by atoms with E-state index in [1.54, 1.807) is 7.11 Å². The number of rotatable bonds is 7. The third-order valence-corrected chi connectivity index (χ3v) is 5.37. The molecule has 0 spiro atoms. The molecule has 1 fully saturated rings. The van der Waals surface area contributed by atoms with Gasteiger partial charge < -0.3 is 25.0 Å². The molecular formula is C25H28N4O3. The number of carbonyl (C=O) groups excluding carboxylic acids is 1. The van der Waals surface area contributed by atoms with Gasteiger partial charge in [0.1, 0.15) is 11.6 Å². The van der Waals surface area contributed by atoms with Gasteiger partial charge in [-0.1, -0.05) is 18.2 Å².